The second-order valence-electron chi connectivity index (χ2n) is 5.52. The molecule has 2 heterocycles. The summed E-state index contributed by atoms with van der Waals surface area (Å²) < 4.78 is 2.49. The third-order valence-electron chi connectivity index (χ3n) is 4.13. The molecule has 6 heteroatoms. The monoisotopic (exact) mass is 363 g/mol. The van der Waals surface area contributed by atoms with Gasteiger partial charge in [0.05, 0.1) is 5.69 Å². The molecule has 22 heavy (non-hydrogen) atoms. The molecule has 0 radical (unpaired) electrons. The lowest BCUT2D eigenvalue weighted by molar-refractivity contribution is -0.143. The first kappa shape index (κ1) is 15.2. The molecule has 1 fully saturated rings. The number of imidazole rings is 1. The van der Waals surface area contributed by atoms with E-state index in [1.807, 2.05) is 46.8 Å². The highest BCUT2D eigenvalue weighted by molar-refractivity contribution is 9.10. The molecule has 116 valence electrons. The Hall–Kier alpha value is -1.66. The van der Waals surface area contributed by atoms with Crippen LogP contribution >= 0.6 is 15.9 Å². The van der Waals surface area contributed by atoms with Gasteiger partial charge in [0.15, 0.2) is 6.04 Å². The lowest BCUT2D eigenvalue weighted by Crippen LogP contribution is -2.33. The number of aromatic nitrogens is 2. The first-order chi connectivity index (χ1) is 10.6. The molecular formula is C16H18BrN3O2. The molecule has 1 N–H and O–H groups in total. The Morgan fingerprint density at radius 3 is 2.50 bits per heavy atom. The maximum atomic E-state index is 11.8. The fourth-order valence-corrected chi connectivity index (χ4v) is 3.72. The molecule has 0 bridgehead atoms. The van der Waals surface area contributed by atoms with Gasteiger partial charge >= 0.3 is 5.97 Å². The summed E-state index contributed by atoms with van der Waals surface area (Å²) >= 11 is 3.46. The first-order valence-electron chi connectivity index (χ1n) is 7.34. The predicted octanol–water partition coefficient (Wildman–Crippen LogP) is 3.07. The number of carbonyl (C=O) groups is 1. The summed E-state index contributed by atoms with van der Waals surface area (Å²) in [5.74, 6) is -0.0573. The van der Waals surface area contributed by atoms with E-state index in [9.17, 15) is 9.90 Å². The summed E-state index contributed by atoms with van der Waals surface area (Å²) in [6.45, 7) is 1.63. The third kappa shape index (κ3) is 2.68. The zero-order chi connectivity index (χ0) is 15.7. The van der Waals surface area contributed by atoms with E-state index in [4.69, 9.17) is 0 Å². The molecule has 3 rings (SSSR count). The van der Waals surface area contributed by atoms with Gasteiger partial charge in [0.25, 0.3) is 0 Å². The highest BCUT2D eigenvalue weighted by Crippen LogP contribution is 2.33. The summed E-state index contributed by atoms with van der Waals surface area (Å²) in [5.41, 5.74) is 1.68. The molecule has 1 aliphatic heterocycles. The SMILES string of the molecule is Cn1c(-c2ccccc2)nc(Br)c1C(C(=O)O)N1CCCC1. The van der Waals surface area contributed by atoms with Gasteiger partial charge in [0.1, 0.15) is 10.4 Å². The van der Waals surface area contributed by atoms with Crippen LogP contribution in [0.4, 0.5) is 0 Å². The molecule has 1 unspecified atom stereocenters. The van der Waals surface area contributed by atoms with Gasteiger partial charge < -0.3 is 9.67 Å². The van der Waals surface area contributed by atoms with Gasteiger partial charge in [0.2, 0.25) is 0 Å². The number of benzene rings is 1. The summed E-state index contributed by atoms with van der Waals surface area (Å²) in [6.07, 6.45) is 2.09. The average Bonchev–Trinajstić information content (AvgIpc) is 3.12. The number of carboxylic acids is 1. The lowest BCUT2D eigenvalue weighted by atomic mass is 10.2. The Bertz CT molecular complexity index is 678. The number of carboxylic acid groups (broad SMARTS) is 1. The normalized spacial score (nSPS) is 16.8. The van der Waals surface area contributed by atoms with Crippen molar-refractivity contribution in [1.82, 2.24) is 14.5 Å². The molecule has 1 aliphatic rings. The molecule has 0 aliphatic carbocycles. The highest BCUT2D eigenvalue weighted by atomic mass is 79.9. The number of rotatable bonds is 4. The second kappa shape index (κ2) is 6.22. The van der Waals surface area contributed by atoms with Crippen molar-refractivity contribution in [2.24, 2.45) is 7.05 Å². The molecular weight excluding hydrogens is 346 g/mol. The molecule has 1 atom stereocenters. The van der Waals surface area contributed by atoms with Crippen LogP contribution in [0.2, 0.25) is 0 Å². The minimum absolute atomic E-state index is 0.605. The number of hydrogen-bond acceptors (Lipinski definition) is 3. The zero-order valence-electron chi connectivity index (χ0n) is 12.4. The van der Waals surface area contributed by atoms with Crippen molar-refractivity contribution in [1.29, 1.82) is 0 Å². The van der Waals surface area contributed by atoms with Crippen LogP contribution in [0.25, 0.3) is 11.4 Å². The van der Waals surface area contributed by atoms with Crippen LogP contribution in [0.5, 0.6) is 0 Å². The number of hydrogen-bond donors (Lipinski definition) is 1. The van der Waals surface area contributed by atoms with E-state index in [-0.39, 0.29) is 0 Å². The summed E-state index contributed by atoms with van der Waals surface area (Å²) in [7, 11) is 1.88. The van der Waals surface area contributed by atoms with Crippen LogP contribution in [0.15, 0.2) is 34.9 Å². The Balaban J connectivity index is 2.06. The minimum Gasteiger partial charge on any atom is -0.480 e. The molecule has 0 amide bonds. The van der Waals surface area contributed by atoms with Gasteiger partial charge in [-0.2, -0.15) is 0 Å². The topological polar surface area (TPSA) is 58.4 Å². The smallest absolute Gasteiger partial charge is 0.327 e. The van der Waals surface area contributed by atoms with E-state index in [0.29, 0.717) is 10.3 Å². The first-order valence-corrected chi connectivity index (χ1v) is 8.13. The fraction of sp³-hybridized carbons (Fsp3) is 0.375. The summed E-state index contributed by atoms with van der Waals surface area (Å²) in [4.78, 5) is 18.4. The van der Waals surface area contributed by atoms with Gasteiger partial charge in [-0.25, -0.2) is 4.98 Å². The van der Waals surface area contributed by atoms with E-state index in [1.54, 1.807) is 0 Å². The van der Waals surface area contributed by atoms with Crippen molar-refractivity contribution < 1.29 is 9.90 Å². The molecule has 0 saturated carbocycles. The Kier molecular flexibility index (Phi) is 4.31. The second-order valence-corrected chi connectivity index (χ2v) is 6.27. The zero-order valence-corrected chi connectivity index (χ0v) is 14.0. The maximum Gasteiger partial charge on any atom is 0.327 e. The van der Waals surface area contributed by atoms with Gasteiger partial charge in [-0.15, -0.1) is 0 Å². The van der Waals surface area contributed by atoms with Crippen LogP contribution in [0.1, 0.15) is 24.6 Å². The standard InChI is InChI=1S/C16H18BrN3O2/c1-19-12(13(16(21)22)20-9-5-6-10-20)14(17)18-15(19)11-7-3-2-4-8-11/h2-4,7-8,13H,5-6,9-10H2,1H3,(H,21,22). The van der Waals surface area contributed by atoms with Crippen LogP contribution in [-0.2, 0) is 11.8 Å². The minimum atomic E-state index is -0.829. The van der Waals surface area contributed by atoms with Gasteiger partial charge in [-0.1, -0.05) is 30.3 Å². The van der Waals surface area contributed by atoms with Crippen molar-refractivity contribution in [2.75, 3.05) is 13.1 Å². The van der Waals surface area contributed by atoms with E-state index in [0.717, 1.165) is 37.3 Å². The molecule has 1 aromatic carbocycles. The molecule has 1 saturated heterocycles. The number of halogens is 1. The van der Waals surface area contributed by atoms with Crippen molar-refractivity contribution in [3.63, 3.8) is 0 Å². The maximum absolute atomic E-state index is 11.8. The van der Waals surface area contributed by atoms with Crippen LogP contribution in [0.3, 0.4) is 0 Å². The van der Waals surface area contributed by atoms with Crippen LogP contribution in [0, 0.1) is 0 Å². The average molecular weight is 364 g/mol. The lowest BCUT2D eigenvalue weighted by Gasteiger charge is -2.24. The van der Waals surface area contributed by atoms with Gasteiger partial charge in [-0.3, -0.25) is 9.69 Å². The number of nitrogens with zero attached hydrogens (tertiary/aromatic N) is 3. The number of likely N-dealkylation sites (tertiary alicyclic amines) is 1. The van der Waals surface area contributed by atoms with Gasteiger partial charge in [-0.05, 0) is 41.9 Å². The van der Waals surface area contributed by atoms with E-state index < -0.39 is 12.0 Å². The fourth-order valence-electron chi connectivity index (χ4n) is 3.07. The molecule has 5 nitrogen and oxygen atoms in total. The van der Waals surface area contributed by atoms with Crippen LogP contribution < -0.4 is 0 Å². The van der Waals surface area contributed by atoms with E-state index in [2.05, 4.69) is 20.9 Å². The van der Waals surface area contributed by atoms with Crippen LogP contribution in [-0.4, -0.2) is 38.6 Å². The third-order valence-corrected chi connectivity index (χ3v) is 4.71. The Labute approximate surface area is 137 Å². The Morgan fingerprint density at radius 2 is 1.91 bits per heavy atom. The summed E-state index contributed by atoms with van der Waals surface area (Å²) in [6, 6.07) is 9.15. The largest absolute Gasteiger partial charge is 0.480 e. The quantitative estimate of drug-likeness (QED) is 0.906. The van der Waals surface area contributed by atoms with E-state index >= 15 is 0 Å². The van der Waals surface area contributed by atoms with Crippen molar-refractivity contribution in [2.45, 2.75) is 18.9 Å². The Morgan fingerprint density at radius 1 is 1.27 bits per heavy atom. The highest BCUT2D eigenvalue weighted by Gasteiger charge is 2.34. The van der Waals surface area contributed by atoms with Crippen molar-refractivity contribution in [3.8, 4) is 11.4 Å². The predicted molar refractivity (Wildman–Crippen MR) is 87.5 cm³/mol. The molecule has 0 spiro atoms. The number of aliphatic carboxylic acids is 1. The molecule has 1 aromatic heterocycles. The van der Waals surface area contributed by atoms with Crippen molar-refractivity contribution >= 4 is 21.9 Å². The van der Waals surface area contributed by atoms with Gasteiger partial charge in [0, 0.05) is 12.6 Å². The van der Waals surface area contributed by atoms with E-state index in [1.165, 1.54) is 0 Å². The van der Waals surface area contributed by atoms with Crippen molar-refractivity contribution in [3.05, 3.63) is 40.6 Å². The molecule has 2 aromatic rings. The summed E-state index contributed by atoms with van der Waals surface area (Å²) in [5, 5.41) is 9.71.